The SMILES string of the molecule is CC.CCCNC(=O)OC(C)C(O)c1ccccc1CCC. The monoisotopic (exact) mass is 309 g/mol. The van der Waals surface area contributed by atoms with E-state index in [1.54, 1.807) is 6.92 Å². The van der Waals surface area contributed by atoms with Crippen LogP contribution in [0.1, 0.15) is 64.7 Å². The number of hydrogen-bond donors (Lipinski definition) is 2. The van der Waals surface area contributed by atoms with Crippen molar-refractivity contribution in [3.63, 3.8) is 0 Å². The standard InChI is InChI=1S/C16H25NO3.C2H6/c1-4-8-13-9-6-7-10-14(13)15(18)12(3)20-16(19)17-11-5-2;1-2/h6-7,9-10,12,15,18H,4-5,8,11H2,1-3H3,(H,17,19);1-2H3. The quantitative estimate of drug-likeness (QED) is 0.792. The molecule has 0 spiro atoms. The average molecular weight is 309 g/mol. The Balaban J connectivity index is 0.00000211. The van der Waals surface area contributed by atoms with Gasteiger partial charge in [-0.3, -0.25) is 0 Å². The molecule has 0 saturated heterocycles. The summed E-state index contributed by atoms with van der Waals surface area (Å²) in [5, 5.41) is 13.0. The lowest BCUT2D eigenvalue weighted by atomic mass is 9.96. The molecule has 1 aromatic carbocycles. The third kappa shape index (κ3) is 6.94. The van der Waals surface area contributed by atoms with Crippen LogP contribution >= 0.6 is 0 Å². The van der Waals surface area contributed by atoms with E-state index >= 15 is 0 Å². The number of aryl methyl sites for hydroxylation is 1. The van der Waals surface area contributed by atoms with Crippen molar-refractivity contribution in [2.45, 2.75) is 66.1 Å². The number of alkyl carbamates (subject to hydrolysis) is 1. The maximum absolute atomic E-state index is 11.5. The highest BCUT2D eigenvalue weighted by molar-refractivity contribution is 5.67. The van der Waals surface area contributed by atoms with Crippen molar-refractivity contribution in [2.75, 3.05) is 6.54 Å². The van der Waals surface area contributed by atoms with Crippen molar-refractivity contribution in [3.05, 3.63) is 35.4 Å². The molecular formula is C18H31NO3. The highest BCUT2D eigenvalue weighted by Gasteiger charge is 2.22. The molecule has 126 valence electrons. The number of carbonyl (C=O) groups excluding carboxylic acids is 1. The molecule has 2 unspecified atom stereocenters. The summed E-state index contributed by atoms with van der Waals surface area (Å²) < 4.78 is 5.20. The molecule has 0 aliphatic carbocycles. The van der Waals surface area contributed by atoms with Crippen molar-refractivity contribution in [3.8, 4) is 0 Å². The molecule has 1 amide bonds. The zero-order valence-electron chi connectivity index (χ0n) is 14.6. The largest absolute Gasteiger partial charge is 0.443 e. The summed E-state index contributed by atoms with van der Waals surface area (Å²) in [5.41, 5.74) is 1.94. The second kappa shape index (κ2) is 12.0. The lowest BCUT2D eigenvalue weighted by Crippen LogP contribution is -2.31. The van der Waals surface area contributed by atoms with Gasteiger partial charge in [0.1, 0.15) is 12.2 Å². The molecule has 2 atom stereocenters. The average Bonchev–Trinajstić information content (AvgIpc) is 2.55. The maximum Gasteiger partial charge on any atom is 0.407 e. The van der Waals surface area contributed by atoms with Gasteiger partial charge in [0.25, 0.3) is 0 Å². The van der Waals surface area contributed by atoms with Crippen LogP contribution in [0.4, 0.5) is 4.79 Å². The van der Waals surface area contributed by atoms with Gasteiger partial charge in [0, 0.05) is 6.54 Å². The van der Waals surface area contributed by atoms with Crippen molar-refractivity contribution in [1.82, 2.24) is 5.32 Å². The first kappa shape index (κ1) is 20.5. The Hall–Kier alpha value is -1.55. The first-order valence-electron chi connectivity index (χ1n) is 8.30. The van der Waals surface area contributed by atoms with Gasteiger partial charge in [-0.1, -0.05) is 58.4 Å². The van der Waals surface area contributed by atoms with Crippen LogP contribution < -0.4 is 5.32 Å². The second-order valence-corrected chi connectivity index (χ2v) is 4.93. The smallest absolute Gasteiger partial charge is 0.407 e. The number of aliphatic hydroxyl groups is 1. The first-order chi connectivity index (χ1) is 10.6. The molecule has 1 rings (SSSR count). The Morgan fingerprint density at radius 1 is 1.23 bits per heavy atom. The molecule has 0 aliphatic rings. The van der Waals surface area contributed by atoms with Crippen molar-refractivity contribution >= 4 is 6.09 Å². The van der Waals surface area contributed by atoms with Crippen LogP contribution in [0.15, 0.2) is 24.3 Å². The van der Waals surface area contributed by atoms with Crippen molar-refractivity contribution in [1.29, 1.82) is 0 Å². The normalized spacial score (nSPS) is 12.6. The van der Waals surface area contributed by atoms with E-state index in [2.05, 4.69) is 12.2 Å². The molecule has 0 heterocycles. The number of amides is 1. The van der Waals surface area contributed by atoms with Gasteiger partial charge in [-0.15, -0.1) is 0 Å². The van der Waals surface area contributed by atoms with E-state index < -0.39 is 18.3 Å². The van der Waals surface area contributed by atoms with E-state index in [0.29, 0.717) is 6.54 Å². The van der Waals surface area contributed by atoms with E-state index in [9.17, 15) is 9.90 Å². The van der Waals surface area contributed by atoms with E-state index in [0.717, 1.165) is 30.4 Å². The van der Waals surface area contributed by atoms with Crippen molar-refractivity contribution < 1.29 is 14.6 Å². The zero-order chi connectivity index (χ0) is 17.0. The van der Waals surface area contributed by atoms with Gasteiger partial charge in [0.2, 0.25) is 0 Å². The van der Waals surface area contributed by atoms with Crippen LogP contribution in [0, 0.1) is 0 Å². The molecule has 4 nitrogen and oxygen atoms in total. The molecule has 4 heteroatoms. The zero-order valence-corrected chi connectivity index (χ0v) is 14.6. The fourth-order valence-electron chi connectivity index (χ4n) is 2.07. The van der Waals surface area contributed by atoms with Crippen LogP contribution in [-0.4, -0.2) is 23.8 Å². The summed E-state index contributed by atoms with van der Waals surface area (Å²) in [6.45, 7) is 10.4. The van der Waals surface area contributed by atoms with Crippen LogP contribution in [0.5, 0.6) is 0 Å². The molecule has 1 aromatic rings. The van der Waals surface area contributed by atoms with E-state index in [1.165, 1.54) is 0 Å². The molecule has 22 heavy (non-hydrogen) atoms. The fourth-order valence-corrected chi connectivity index (χ4v) is 2.07. The summed E-state index contributed by atoms with van der Waals surface area (Å²) in [7, 11) is 0. The van der Waals surface area contributed by atoms with Gasteiger partial charge in [0.05, 0.1) is 0 Å². The molecule has 0 bridgehead atoms. The molecule has 0 aromatic heterocycles. The van der Waals surface area contributed by atoms with Gasteiger partial charge in [-0.2, -0.15) is 0 Å². The predicted molar refractivity (Wildman–Crippen MR) is 91.0 cm³/mol. The predicted octanol–water partition coefficient (Wildman–Crippen LogP) is 4.22. The van der Waals surface area contributed by atoms with Crippen LogP contribution in [-0.2, 0) is 11.2 Å². The lowest BCUT2D eigenvalue weighted by molar-refractivity contribution is 0.0115. The maximum atomic E-state index is 11.5. The van der Waals surface area contributed by atoms with Crippen LogP contribution in [0.3, 0.4) is 0 Å². The Kier molecular flexibility index (Phi) is 11.2. The molecule has 0 saturated carbocycles. The first-order valence-corrected chi connectivity index (χ1v) is 8.30. The highest BCUT2D eigenvalue weighted by atomic mass is 16.6. The van der Waals surface area contributed by atoms with Gasteiger partial charge in [-0.25, -0.2) is 4.79 Å². The van der Waals surface area contributed by atoms with Crippen LogP contribution in [0.2, 0.25) is 0 Å². The number of nitrogens with one attached hydrogen (secondary N) is 1. The number of aliphatic hydroxyl groups excluding tert-OH is 1. The Labute approximate surface area is 134 Å². The Bertz CT molecular complexity index is 421. The van der Waals surface area contributed by atoms with Crippen LogP contribution in [0.25, 0.3) is 0 Å². The lowest BCUT2D eigenvalue weighted by Gasteiger charge is -2.22. The number of carbonyl (C=O) groups is 1. The molecule has 0 aliphatic heterocycles. The number of hydrogen-bond acceptors (Lipinski definition) is 3. The second-order valence-electron chi connectivity index (χ2n) is 4.93. The van der Waals surface area contributed by atoms with E-state index in [-0.39, 0.29) is 0 Å². The molecular weight excluding hydrogens is 278 g/mol. The minimum Gasteiger partial charge on any atom is -0.443 e. The van der Waals surface area contributed by atoms with E-state index in [1.807, 2.05) is 45.0 Å². The van der Waals surface area contributed by atoms with Gasteiger partial charge >= 0.3 is 6.09 Å². The summed E-state index contributed by atoms with van der Waals surface area (Å²) in [6, 6.07) is 7.74. The summed E-state index contributed by atoms with van der Waals surface area (Å²) in [6.07, 6.45) is 0.907. The van der Waals surface area contributed by atoms with Crippen molar-refractivity contribution in [2.24, 2.45) is 0 Å². The van der Waals surface area contributed by atoms with Gasteiger partial charge in [-0.05, 0) is 30.9 Å². The minimum absolute atomic E-state index is 0.480. The Morgan fingerprint density at radius 2 is 1.86 bits per heavy atom. The third-order valence-corrected chi connectivity index (χ3v) is 3.15. The number of rotatable bonds is 7. The minimum atomic E-state index is -0.801. The third-order valence-electron chi connectivity index (χ3n) is 3.15. The fraction of sp³-hybridized carbons (Fsp3) is 0.611. The topological polar surface area (TPSA) is 58.6 Å². The van der Waals surface area contributed by atoms with E-state index in [4.69, 9.17) is 4.74 Å². The molecule has 0 radical (unpaired) electrons. The number of benzene rings is 1. The van der Waals surface area contributed by atoms with Gasteiger partial charge in [0.15, 0.2) is 0 Å². The summed E-state index contributed by atoms with van der Waals surface area (Å²) in [4.78, 5) is 11.5. The summed E-state index contributed by atoms with van der Waals surface area (Å²) in [5.74, 6) is 0. The number of ether oxygens (including phenoxy) is 1. The molecule has 2 N–H and O–H groups in total. The van der Waals surface area contributed by atoms with Gasteiger partial charge < -0.3 is 15.2 Å². The highest BCUT2D eigenvalue weighted by Crippen LogP contribution is 2.23. The molecule has 0 fully saturated rings. The Morgan fingerprint density at radius 3 is 2.45 bits per heavy atom. The summed E-state index contributed by atoms with van der Waals surface area (Å²) >= 11 is 0.